The smallest absolute Gasteiger partial charge is 0.194 e. The average Bonchev–Trinajstić information content (AvgIpc) is 3.28. The van der Waals surface area contributed by atoms with E-state index in [1.807, 2.05) is 16.9 Å². The second kappa shape index (κ2) is 6.90. The van der Waals surface area contributed by atoms with Gasteiger partial charge < -0.3 is 10.2 Å². The molecule has 1 N–H and O–H groups in total. The molecule has 2 aliphatic rings. The number of aliphatic imine (C=N–C) groups is 1. The fourth-order valence-corrected chi connectivity index (χ4v) is 3.97. The van der Waals surface area contributed by atoms with Crippen molar-refractivity contribution in [2.45, 2.75) is 39.2 Å². The van der Waals surface area contributed by atoms with Crippen molar-refractivity contribution in [3.63, 3.8) is 0 Å². The number of nitrogens with one attached hydrogen (secondary N) is 1. The van der Waals surface area contributed by atoms with Crippen LogP contribution in [0.25, 0.3) is 5.69 Å². The van der Waals surface area contributed by atoms with Crippen molar-refractivity contribution in [2.75, 3.05) is 19.6 Å². The number of hydrogen-bond acceptors (Lipinski definition) is 2. The van der Waals surface area contributed by atoms with E-state index in [2.05, 4.69) is 46.5 Å². The predicted octanol–water partition coefficient (Wildman–Crippen LogP) is 3.21. The van der Waals surface area contributed by atoms with Crippen LogP contribution in [-0.2, 0) is 6.54 Å². The van der Waals surface area contributed by atoms with Crippen LogP contribution < -0.4 is 5.32 Å². The normalized spacial score (nSPS) is 19.2. The molecule has 0 unspecified atom stereocenters. The van der Waals surface area contributed by atoms with Gasteiger partial charge in [0.05, 0.1) is 12.2 Å². The summed E-state index contributed by atoms with van der Waals surface area (Å²) < 4.78 is 1.87. The van der Waals surface area contributed by atoms with E-state index in [9.17, 15) is 0 Å². The molecule has 2 fully saturated rings. The van der Waals surface area contributed by atoms with Gasteiger partial charge in [0.15, 0.2) is 5.96 Å². The number of likely N-dealkylation sites (tertiary alicyclic amines) is 1. The van der Waals surface area contributed by atoms with Crippen LogP contribution in [0.15, 0.2) is 47.7 Å². The summed E-state index contributed by atoms with van der Waals surface area (Å²) in [5.74, 6) is 1.07. The molecule has 1 saturated heterocycles. The molecule has 1 aromatic carbocycles. The highest BCUT2D eigenvalue weighted by Crippen LogP contribution is 2.47. The Morgan fingerprint density at radius 2 is 2.08 bits per heavy atom. The summed E-state index contributed by atoms with van der Waals surface area (Å²) in [7, 11) is 0. The lowest BCUT2D eigenvalue weighted by atomic mass is 9.68. The maximum Gasteiger partial charge on any atom is 0.194 e. The molecule has 0 atom stereocenters. The second-order valence-electron chi connectivity index (χ2n) is 7.31. The Balaban J connectivity index is 1.42. The van der Waals surface area contributed by atoms with E-state index in [4.69, 9.17) is 4.99 Å². The fourth-order valence-electron chi connectivity index (χ4n) is 3.97. The monoisotopic (exact) mass is 337 g/mol. The first-order valence-corrected chi connectivity index (χ1v) is 9.40. The maximum absolute atomic E-state index is 4.89. The molecule has 25 heavy (non-hydrogen) atoms. The van der Waals surface area contributed by atoms with Gasteiger partial charge in [0.1, 0.15) is 0 Å². The number of guanidine groups is 1. The number of nitrogens with zero attached hydrogens (tertiary/aromatic N) is 4. The third-order valence-electron chi connectivity index (χ3n) is 5.60. The van der Waals surface area contributed by atoms with Gasteiger partial charge >= 0.3 is 0 Å². The van der Waals surface area contributed by atoms with Gasteiger partial charge in [-0.3, -0.25) is 0 Å². The Hall–Kier alpha value is -2.30. The molecule has 0 amide bonds. The van der Waals surface area contributed by atoms with E-state index in [1.165, 1.54) is 37.8 Å². The Kier molecular flexibility index (Phi) is 4.47. The van der Waals surface area contributed by atoms with E-state index < -0.39 is 0 Å². The topological polar surface area (TPSA) is 45.5 Å². The second-order valence-corrected chi connectivity index (χ2v) is 7.31. The first kappa shape index (κ1) is 16.2. The molecule has 2 aromatic rings. The minimum atomic E-state index is 0.599. The lowest BCUT2D eigenvalue weighted by molar-refractivity contribution is 0.151. The van der Waals surface area contributed by atoms with Gasteiger partial charge in [-0.15, -0.1) is 0 Å². The van der Waals surface area contributed by atoms with Crippen molar-refractivity contribution in [3.05, 3.63) is 48.3 Å². The summed E-state index contributed by atoms with van der Waals surface area (Å²) in [6.07, 6.45) is 9.29. The molecule has 1 aliphatic carbocycles. The molecule has 1 spiro atoms. The standard InChI is InChI=1S/C20H27N5/c1-2-21-19(24-14-11-20(16-24)9-3-10-20)22-15-17-5-7-18(8-6-17)25-13-4-12-23-25/h4-8,12-13H,2-3,9-11,14-16H2,1H3,(H,21,22). The molecule has 0 bridgehead atoms. The maximum atomic E-state index is 4.89. The molecule has 132 valence electrons. The number of hydrogen-bond donors (Lipinski definition) is 1. The third kappa shape index (κ3) is 3.41. The average molecular weight is 337 g/mol. The summed E-state index contributed by atoms with van der Waals surface area (Å²) in [5, 5.41) is 7.74. The Morgan fingerprint density at radius 3 is 2.68 bits per heavy atom. The molecule has 5 heteroatoms. The molecule has 5 nitrogen and oxygen atoms in total. The summed E-state index contributed by atoms with van der Waals surface area (Å²) >= 11 is 0. The minimum Gasteiger partial charge on any atom is -0.357 e. The zero-order valence-corrected chi connectivity index (χ0v) is 15.0. The van der Waals surface area contributed by atoms with Crippen LogP contribution in [0.2, 0.25) is 0 Å². The van der Waals surface area contributed by atoms with E-state index in [0.717, 1.165) is 24.7 Å². The van der Waals surface area contributed by atoms with Gasteiger partial charge in [-0.25, -0.2) is 9.67 Å². The van der Waals surface area contributed by atoms with Crippen LogP contribution in [0.4, 0.5) is 0 Å². The molecule has 1 aromatic heterocycles. The van der Waals surface area contributed by atoms with Crippen molar-refractivity contribution >= 4 is 5.96 Å². The highest BCUT2D eigenvalue weighted by atomic mass is 15.3. The lowest BCUT2D eigenvalue weighted by Crippen LogP contribution is -2.42. The Morgan fingerprint density at radius 1 is 1.24 bits per heavy atom. The molecule has 2 heterocycles. The van der Waals surface area contributed by atoms with E-state index >= 15 is 0 Å². The lowest BCUT2D eigenvalue weighted by Gasteiger charge is -2.38. The quantitative estimate of drug-likeness (QED) is 0.688. The molecular weight excluding hydrogens is 310 g/mol. The first-order chi connectivity index (χ1) is 12.3. The molecule has 1 saturated carbocycles. The van der Waals surface area contributed by atoms with Gasteiger partial charge in [0.2, 0.25) is 0 Å². The minimum absolute atomic E-state index is 0.599. The predicted molar refractivity (Wildman–Crippen MR) is 101 cm³/mol. The van der Waals surface area contributed by atoms with Crippen LogP contribution in [0.3, 0.4) is 0 Å². The highest BCUT2D eigenvalue weighted by Gasteiger charge is 2.43. The largest absolute Gasteiger partial charge is 0.357 e. The van der Waals surface area contributed by atoms with E-state index in [1.54, 1.807) is 6.20 Å². The Bertz CT molecular complexity index is 713. The summed E-state index contributed by atoms with van der Waals surface area (Å²) in [5.41, 5.74) is 2.90. The fraction of sp³-hybridized carbons (Fsp3) is 0.500. The summed E-state index contributed by atoms with van der Waals surface area (Å²) in [6.45, 7) is 6.09. The van der Waals surface area contributed by atoms with Crippen molar-refractivity contribution in [1.82, 2.24) is 20.0 Å². The van der Waals surface area contributed by atoms with E-state index in [0.29, 0.717) is 12.0 Å². The van der Waals surface area contributed by atoms with Crippen molar-refractivity contribution in [3.8, 4) is 5.69 Å². The number of aromatic nitrogens is 2. The Labute approximate surface area is 149 Å². The number of rotatable bonds is 4. The van der Waals surface area contributed by atoms with Gasteiger partial charge in [-0.05, 0) is 55.4 Å². The van der Waals surface area contributed by atoms with Gasteiger partial charge in [0.25, 0.3) is 0 Å². The van der Waals surface area contributed by atoms with E-state index in [-0.39, 0.29) is 0 Å². The summed E-state index contributed by atoms with van der Waals surface area (Å²) in [4.78, 5) is 7.35. The van der Waals surface area contributed by atoms with Crippen LogP contribution in [0.5, 0.6) is 0 Å². The number of benzene rings is 1. The van der Waals surface area contributed by atoms with Gasteiger partial charge in [-0.2, -0.15) is 5.10 Å². The molecule has 4 rings (SSSR count). The van der Waals surface area contributed by atoms with Crippen LogP contribution in [-0.4, -0.2) is 40.3 Å². The zero-order valence-electron chi connectivity index (χ0n) is 15.0. The van der Waals surface area contributed by atoms with Crippen LogP contribution in [0, 0.1) is 5.41 Å². The molecule has 0 radical (unpaired) electrons. The van der Waals surface area contributed by atoms with Crippen molar-refractivity contribution in [1.29, 1.82) is 0 Å². The summed E-state index contributed by atoms with van der Waals surface area (Å²) in [6, 6.07) is 10.4. The van der Waals surface area contributed by atoms with Crippen LogP contribution in [0.1, 0.15) is 38.2 Å². The van der Waals surface area contributed by atoms with Crippen LogP contribution >= 0.6 is 0 Å². The third-order valence-corrected chi connectivity index (χ3v) is 5.60. The van der Waals surface area contributed by atoms with Gasteiger partial charge in [0, 0.05) is 32.0 Å². The van der Waals surface area contributed by atoms with Crippen molar-refractivity contribution < 1.29 is 0 Å². The zero-order chi connectivity index (χ0) is 17.1. The van der Waals surface area contributed by atoms with Crippen molar-refractivity contribution in [2.24, 2.45) is 10.4 Å². The first-order valence-electron chi connectivity index (χ1n) is 9.40. The van der Waals surface area contributed by atoms with Gasteiger partial charge in [-0.1, -0.05) is 18.6 Å². The molecule has 1 aliphatic heterocycles. The SMILES string of the molecule is CCNC(=NCc1ccc(-n2cccn2)cc1)N1CCC2(CCC2)C1. The molecular formula is C20H27N5. The highest BCUT2D eigenvalue weighted by molar-refractivity contribution is 5.80.